The van der Waals surface area contributed by atoms with Gasteiger partial charge in [-0.05, 0) is 19.3 Å². The predicted molar refractivity (Wildman–Crippen MR) is 109 cm³/mol. The van der Waals surface area contributed by atoms with Gasteiger partial charge in [0.15, 0.2) is 5.92 Å². The molecule has 0 radical (unpaired) electrons. The molecule has 0 aromatic rings. The van der Waals surface area contributed by atoms with Crippen LogP contribution in [-0.4, -0.2) is 73.5 Å². The van der Waals surface area contributed by atoms with Crippen molar-refractivity contribution in [1.82, 2.24) is 10.6 Å². The zero-order chi connectivity index (χ0) is 23.5. The van der Waals surface area contributed by atoms with E-state index in [1.165, 1.54) is 7.11 Å². The van der Waals surface area contributed by atoms with Gasteiger partial charge in [0.25, 0.3) is 0 Å². The second-order valence-corrected chi connectivity index (χ2v) is 8.16. The summed E-state index contributed by atoms with van der Waals surface area (Å²) in [6.45, 7) is 9.77. The minimum Gasteiger partial charge on any atom is -0.481 e. The molecule has 2 amide bonds. The average molecular weight is 433 g/mol. The Labute approximate surface area is 177 Å². The maximum absolute atomic E-state index is 12.7. The van der Waals surface area contributed by atoms with Crippen LogP contribution >= 0.6 is 0 Å². The lowest BCUT2D eigenvalue weighted by Gasteiger charge is -2.34. The Bertz CT molecular complexity index is 577. The summed E-state index contributed by atoms with van der Waals surface area (Å²) in [4.78, 5) is 47.6. The van der Waals surface area contributed by atoms with Crippen molar-refractivity contribution in [3.63, 3.8) is 0 Å². The number of rotatable bonds is 15. The van der Waals surface area contributed by atoms with Crippen LogP contribution in [-0.2, 0) is 28.7 Å². The Balaban J connectivity index is 5.28. The molecular formula is C20H36N2O8. The van der Waals surface area contributed by atoms with Gasteiger partial charge < -0.3 is 30.3 Å². The quantitative estimate of drug-likeness (QED) is 0.218. The van der Waals surface area contributed by atoms with E-state index in [1.54, 1.807) is 34.6 Å². The Kier molecular flexibility index (Phi) is 12.2. The fourth-order valence-electron chi connectivity index (χ4n) is 2.95. The number of carboxylic acid groups (broad SMARTS) is 2. The first kappa shape index (κ1) is 27.8. The molecule has 10 nitrogen and oxygen atoms in total. The third-order valence-corrected chi connectivity index (χ3v) is 4.82. The molecule has 2 unspecified atom stereocenters. The minimum atomic E-state index is -1.67. The van der Waals surface area contributed by atoms with Gasteiger partial charge >= 0.3 is 11.9 Å². The molecule has 2 atom stereocenters. The molecule has 0 rings (SSSR count). The van der Waals surface area contributed by atoms with Gasteiger partial charge in [-0.2, -0.15) is 0 Å². The average Bonchev–Trinajstić information content (AvgIpc) is 2.63. The lowest BCUT2D eigenvalue weighted by Crippen LogP contribution is -2.51. The number of amides is 2. The standard InChI is InChI=1S/C20H36N2O8/c1-7-21-17(24)15(30-9-8-29-6)20(4,5)11-22-16(23)13(12(2)3)10-14(18(25)26)19(27)28/h12-15H,7-11H2,1-6H3,(H,21,24)(H,22,23)(H,25,26)(H,27,28). The van der Waals surface area contributed by atoms with Crippen molar-refractivity contribution in [2.45, 2.75) is 47.1 Å². The second-order valence-electron chi connectivity index (χ2n) is 8.16. The van der Waals surface area contributed by atoms with Gasteiger partial charge in [-0.15, -0.1) is 0 Å². The van der Waals surface area contributed by atoms with Gasteiger partial charge in [-0.25, -0.2) is 0 Å². The molecule has 0 heterocycles. The van der Waals surface area contributed by atoms with Crippen LogP contribution in [0.15, 0.2) is 0 Å². The van der Waals surface area contributed by atoms with E-state index in [0.717, 1.165) is 0 Å². The highest BCUT2D eigenvalue weighted by Gasteiger charge is 2.38. The Morgan fingerprint density at radius 3 is 1.97 bits per heavy atom. The molecule has 30 heavy (non-hydrogen) atoms. The third kappa shape index (κ3) is 9.08. The van der Waals surface area contributed by atoms with Crippen LogP contribution in [0.2, 0.25) is 0 Å². The van der Waals surface area contributed by atoms with Crippen LogP contribution in [0, 0.1) is 23.2 Å². The van der Waals surface area contributed by atoms with Crippen molar-refractivity contribution in [3.05, 3.63) is 0 Å². The first-order valence-corrected chi connectivity index (χ1v) is 10.0. The van der Waals surface area contributed by atoms with E-state index in [2.05, 4.69) is 10.6 Å². The molecule has 0 saturated heterocycles. The van der Waals surface area contributed by atoms with Crippen LogP contribution in [0.3, 0.4) is 0 Å². The molecule has 0 aliphatic heterocycles. The van der Waals surface area contributed by atoms with Gasteiger partial charge in [-0.3, -0.25) is 19.2 Å². The van der Waals surface area contributed by atoms with Gasteiger partial charge in [0.1, 0.15) is 6.10 Å². The van der Waals surface area contributed by atoms with Crippen molar-refractivity contribution in [2.75, 3.05) is 33.4 Å². The van der Waals surface area contributed by atoms with Crippen LogP contribution in [0.4, 0.5) is 0 Å². The summed E-state index contributed by atoms with van der Waals surface area (Å²) < 4.78 is 10.6. The summed E-state index contributed by atoms with van der Waals surface area (Å²) >= 11 is 0. The van der Waals surface area contributed by atoms with E-state index in [4.69, 9.17) is 19.7 Å². The fourth-order valence-corrected chi connectivity index (χ4v) is 2.95. The summed E-state index contributed by atoms with van der Waals surface area (Å²) in [7, 11) is 1.52. The van der Waals surface area contributed by atoms with Crippen molar-refractivity contribution in [1.29, 1.82) is 0 Å². The first-order chi connectivity index (χ1) is 13.9. The molecule has 10 heteroatoms. The molecular weight excluding hydrogens is 396 g/mol. The van der Waals surface area contributed by atoms with E-state index in [9.17, 15) is 19.2 Å². The number of carboxylic acids is 2. The molecule has 0 aliphatic carbocycles. The van der Waals surface area contributed by atoms with E-state index >= 15 is 0 Å². The number of likely N-dealkylation sites (N-methyl/N-ethyl adjacent to an activating group) is 1. The van der Waals surface area contributed by atoms with Crippen LogP contribution in [0.25, 0.3) is 0 Å². The highest BCUT2D eigenvalue weighted by Crippen LogP contribution is 2.25. The molecule has 4 N–H and O–H groups in total. The van der Waals surface area contributed by atoms with Crippen LogP contribution < -0.4 is 10.6 Å². The number of nitrogens with one attached hydrogen (secondary N) is 2. The summed E-state index contributed by atoms with van der Waals surface area (Å²) in [5.74, 6) is -6.49. The van der Waals surface area contributed by atoms with E-state index in [-0.39, 0.29) is 31.4 Å². The number of carbonyl (C=O) groups is 4. The molecule has 0 fully saturated rings. The maximum atomic E-state index is 12.7. The normalized spacial score (nSPS) is 13.7. The number of ether oxygens (including phenoxy) is 2. The number of carbonyl (C=O) groups excluding carboxylic acids is 2. The summed E-state index contributed by atoms with van der Waals surface area (Å²) in [5, 5.41) is 23.7. The molecule has 174 valence electrons. The van der Waals surface area contributed by atoms with Crippen molar-refractivity contribution >= 4 is 23.8 Å². The van der Waals surface area contributed by atoms with E-state index in [1.807, 2.05) is 0 Å². The topological polar surface area (TPSA) is 151 Å². The number of hydrogen-bond acceptors (Lipinski definition) is 6. The first-order valence-electron chi connectivity index (χ1n) is 10.0. The zero-order valence-electron chi connectivity index (χ0n) is 18.7. The van der Waals surface area contributed by atoms with E-state index in [0.29, 0.717) is 13.2 Å². The van der Waals surface area contributed by atoms with Crippen molar-refractivity contribution in [3.8, 4) is 0 Å². The predicted octanol–water partition coefficient (Wildman–Crippen LogP) is 0.744. The molecule has 0 bridgehead atoms. The van der Waals surface area contributed by atoms with Crippen molar-refractivity contribution < 1.29 is 38.9 Å². The van der Waals surface area contributed by atoms with Crippen LogP contribution in [0.1, 0.15) is 41.0 Å². The largest absolute Gasteiger partial charge is 0.481 e. The third-order valence-electron chi connectivity index (χ3n) is 4.82. The number of hydrogen-bond donors (Lipinski definition) is 4. The van der Waals surface area contributed by atoms with Gasteiger partial charge in [0.2, 0.25) is 11.8 Å². The zero-order valence-corrected chi connectivity index (χ0v) is 18.7. The van der Waals surface area contributed by atoms with Gasteiger partial charge in [-0.1, -0.05) is 27.7 Å². The Morgan fingerprint density at radius 2 is 1.53 bits per heavy atom. The molecule has 0 aliphatic rings. The monoisotopic (exact) mass is 432 g/mol. The van der Waals surface area contributed by atoms with Crippen molar-refractivity contribution in [2.24, 2.45) is 23.2 Å². The SMILES string of the molecule is CCNC(=O)C(OCCOC)C(C)(C)CNC(=O)C(CC(C(=O)O)C(=O)O)C(C)C. The summed E-state index contributed by atoms with van der Waals surface area (Å²) in [6.07, 6.45) is -1.17. The lowest BCUT2D eigenvalue weighted by molar-refractivity contribution is -0.156. The van der Waals surface area contributed by atoms with Crippen LogP contribution in [0.5, 0.6) is 0 Å². The number of methoxy groups -OCH3 is 1. The Morgan fingerprint density at radius 1 is 0.967 bits per heavy atom. The highest BCUT2D eigenvalue weighted by molar-refractivity contribution is 5.93. The summed E-state index contributed by atoms with van der Waals surface area (Å²) in [6, 6.07) is 0. The molecule has 0 spiro atoms. The number of aliphatic carboxylic acids is 2. The second kappa shape index (κ2) is 13.2. The summed E-state index contributed by atoms with van der Waals surface area (Å²) in [5.41, 5.74) is -0.789. The maximum Gasteiger partial charge on any atom is 0.317 e. The minimum absolute atomic E-state index is 0.0780. The Hall–Kier alpha value is -2.20. The van der Waals surface area contributed by atoms with Gasteiger partial charge in [0.05, 0.1) is 13.2 Å². The lowest BCUT2D eigenvalue weighted by atomic mass is 9.83. The molecule has 0 aromatic carbocycles. The van der Waals surface area contributed by atoms with Gasteiger partial charge in [0, 0.05) is 31.5 Å². The molecule has 0 aromatic heterocycles. The van der Waals surface area contributed by atoms with E-state index < -0.39 is 41.2 Å². The molecule has 0 saturated carbocycles. The smallest absolute Gasteiger partial charge is 0.317 e. The highest BCUT2D eigenvalue weighted by atomic mass is 16.5. The fraction of sp³-hybridized carbons (Fsp3) is 0.800.